The Morgan fingerprint density at radius 1 is 0.393 bits per heavy atom. The summed E-state index contributed by atoms with van der Waals surface area (Å²) in [6.45, 7) is 3.77. The molecule has 0 aromatic heterocycles. The van der Waals surface area contributed by atoms with E-state index in [9.17, 15) is 30.3 Å². The molecule has 1 fully saturated rings. The monoisotopic (exact) mass is 1250 g/mol. The minimum absolute atomic E-state index is 0.136. The summed E-state index contributed by atoms with van der Waals surface area (Å²) in [5.74, 6) is -0.139. The summed E-state index contributed by atoms with van der Waals surface area (Å²) in [5.41, 5.74) is 0. The van der Waals surface area contributed by atoms with Gasteiger partial charge in [-0.1, -0.05) is 369 Å². The molecule has 7 atom stereocenters. The van der Waals surface area contributed by atoms with Crippen LogP contribution in [-0.2, 0) is 14.3 Å². The number of allylic oxidation sites excluding steroid dienone is 14. The highest BCUT2D eigenvalue weighted by atomic mass is 16.7. The summed E-state index contributed by atoms with van der Waals surface area (Å²) in [6.07, 6.45) is 91.0. The third-order valence-electron chi connectivity index (χ3n) is 18.0. The van der Waals surface area contributed by atoms with Gasteiger partial charge in [-0.25, -0.2) is 0 Å². The van der Waals surface area contributed by atoms with Crippen LogP contribution in [0.1, 0.15) is 361 Å². The molecular formula is C80H145NO8. The van der Waals surface area contributed by atoms with Gasteiger partial charge < -0.3 is 40.3 Å². The third-order valence-corrected chi connectivity index (χ3v) is 18.0. The Morgan fingerprint density at radius 3 is 1.03 bits per heavy atom. The summed E-state index contributed by atoms with van der Waals surface area (Å²) in [5, 5.41) is 55.0. The number of hydrogen-bond donors (Lipinski definition) is 6. The normalized spacial score (nSPS) is 18.3. The number of amides is 1. The number of ether oxygens (including phenoxy) is 2. The van der Waals surface area contributed by atoms with E-state index in [2.05, 4.69) is 104 Å². The lowest BCUT2D eigenvalue weighted by Crippen LogP contribution is -2.60. The van der Waals surface area contributed by atoms with Gasteiger partial charge in [0.1, 0.15) is 24.4 Å². The molecule has 1 heterocycles. The molecule has 1 aliphatic heterocycles. The maximum absolute atomic E-state index is 13.2. The Morgan fingerprint density at radius 2 is 0.697 bits per heavy atom. The predicted octanol–water partition coefficient (Wildman–Crippen LogP) is 21.6. The number of carbonyl (C=O) groups is 1. The molecule has 1 rings (SSSR count). The van der Waals surface area contributed by atoms with Crippen molar-refractivity contribution in [1.82, 2.24) is 5.32 Å². The van der Waals surface area contributed by atoms with Crippen molar-refractivity contribution in [1.29, 1.82) is 0 Å². The zero-order valence-electron chi connectivity index (χ0n) is 58.2. The fraction of sp³-hybridized carbons (Fsp3) is 0.812. The largest absolute Gasteiger partial charge is 0.394 e. The molecule has 9 nitrogen and oxygen atoms in total. The van der Waals surface area contributed by atoms with Gasteiger partial charge in [-0.2, -0.15) is 0 Å². The van der Waals surface area contributed by atoms with E-state index in [-0.39, 0.29) is 12.5 Å². The average Bonchev–Trinajstić information content (AvgIpc) is 2.59. The zero-order chi connectivity index (χ0) is 64.2. The fourth-order valence-corrected chi connectivity index (χ4v) is 12.1. The van der Waals surface area contributed by atoms with Crippen molar-refractivity contribution in [2.24, 2.45) is 0 Å². The highest BCUT2D eigenvalue weighted by molar-refractivity contribution is 5.76. The van der Waals surface area contributed by atoms with Crippen LogP contribution in [0.5, 0.6) is 0 Å². The van der Waals surface area contributed by atoms with Crippen molar-refractivity contribution in [2.45, 2.75) is 403 Å². The quantitative estimate of drug-likeness (QED) is 0.0261. The van der Waals surface area contributed by atoms with Crippen molar-refractivity contribution in [2.75, 3.05) is 13.2 Å². The van der Waals surface area contributed by atoms with Gasteiger partial charge in [0.05, 0.1) is 25.4 Å². The zero-order valence-corrected chi connectivity index (χ0v) is 58.2. The highest BCUT2D eigenvalue weighted by Gasteiger charge is 2.44. The molecule has 1 aliphatic rings. The summed E-state index contributed by atoms with van der Waals surface area (Å²) in [7, 11) is 0. The van der Waals surface area contributed by atoms with E-state index in [0.29, 0.717) is 12.8 Å². The number of nitrogens with one attached hydrogen (secondary N) is 1. The van der Waals surface area contributed by atoms with Crippen LogP contribution < -0.4 is 5.32 Å². The van der Waals surface area contributed by atoms with E-state index in [1.165, 1.54) is 250 Å². The maximum Gasteiger partial charge on any atom is 0.220 e. The van der Waals surface area contributed by atoms with Gasteiger partial charge in [0, 0.05) is 6.42 Å². The highest BCUT2D eigenvalue weighted by Crippen LogP contribution is 2.24. The minimum atomic E-state index is -1.56. The molecule has 0 radical (unpaired) electrons. The van der Waals surface area contributed by atoms with Crippen LogP contribution in [0.25, 0.3) is 0 Å². The van der Waals surface area contributed by atoms with Gasteiger partial charge in [0.25, 0.3) is 0 Å². The standard InChI is InChI=1S/C80H145NO8/c1-3-5-7-9-11-13-15-17-19-21-23-25-27-29-30-31-32-33-34-35-36-37-38-39-40-41-42-43-44-46-48-50-52-54-56-58-60-62-64-66-68-70-76(84)81-73(72-88-80-79(87)78(86)77(85)75(71-82)89-80)74(83)69-67-65-63-61-59-57-55-53-51-49-47-45-28-26-24-22-20-18-16-14-12-10-8-6-4-2/h5,7,11,13,17,19,23,25,29-30,32-33,35-36,73-75,77-80,82-83,85-87H,3-4,6,8-10,12,14-16,18,20-22,24,26-28,31,34,37-72H2,1-2H3,(H,81,84)/b7-5-,13-11-,19-17-,25-23-,30-29-,33-32-,36-35-. The van der Waals surface area contributed by atoms with Crippen LogP contribution in [0.3, 0.4) is 0 Å². The number of aliphatic hydroxyl groups excluding tert-OH is 5. The van der Waals surface area contributed by atoms with E-state index in [4.69, 9.17) is 9.47 Å². The van der Waals surface area contributed by atoms with Crippen LogP contribution in [0.4, 0.5) is 0 Å². The van der Waals surface area contributed by atoms with Gasteiger partial charge in [0.2, 0.25) is 5.91 Å². The van der Waals surface area contributed by atoms with E-state index in [1.54, 1.807) is 0 Å². The second kappa shape index (κ2) is 68.2. The molecule has 0 aliphatic carbocycles. The van der Waals surface area contributed by atoms with Gasteiger partial charge in [0.15, 0.2) is 6.29 Å². The number of hydrogen-bond acceptors (Lipinski definition) is 8. The first-order valence-corrected chi connectivity index (χ1v) is 38.3. The average molecular weight is 1250 g/mol. The van der Waals surface area contributed by atoms with E-state index in [0.717, 1.165) is 83.5 Å². The van der Waals surface area contributed by atoms with Crippen molar-refractivity contribution in [3.8, 4) is 0 Å². The molecule has 1 amide bonds. The summed E-state index contributed by atoms with van der Waals surface area (Å²) >= 11 is 0. The first-order chi connectivity index (χ1) is 43.8. The molecule has 9 heteroatoms. The summed E-state index contributed by atoms with van der Waals surface area (Å²) in [6, 6.07) is -0.722. The maximum atomic E-state index is 13.2. The fourth-order valence-electron chi connectivity index (χ4n) is 12.1. The van der Waals surface area contributed by atoms with Gasteiger partial charge in [-0.3, -0.25) is 4.79 Å². The first kappa shape index (κ1) is 84.4. The molecule has 0 aromatic rings. The number of unbranched alkanes of at least 4 members (excludes halogenated alkanes) is 43. The van der Waals surface area contributed by atoms with Gasteiger partial charge in [-0.15, -0.1) is 0 Å². The molecule has 7 unspecified atom stereocenters. The SMILES string of the molecule is CC/C=C\C/C=C\C/C=C\C/C=C\C/C=C\C/C=C\C/C=C\CCCCCCCCCCCCCCCCCCCCCC(=O)NC(COC1OC(CO)C(O)C(O)C1O)C(O)CCCCCCCCCCCCCCCCCCCCCCCCCCC. The molecular weight excluding hydrogens is 1100 g/mol. The molecule has 1 saturated heterocycles. The van der Waals surface area contributed by atoms with Crippen LogP contribution in [0, 0.1) is 0 Å². The second-order valence-electron chi connectivity index (χ2n) is 26.4. The molecule has 89 heavy (non-hydrogen) atoms. The van der Waals surface area contributed by atoms with Gasteiger partial charge in [-0.05, 0) is 70.6 Å². The van der Waals surface area contributed by atoms with Crippen molar-refractivity contribution >= 4 is 5.91 Å². The lowest BCUT2D eigenvalue weighted by Gasteiger charge is -2.40. The minimum Gasteiger partial charge on any atom is -0.394 e. The van der Waals surface area contributed by atoms with E-state index < -0.39 is 49.5 Å². The van der Waals surface area contributed by atoms with Crippen molar-refractivity contribution in [3.05, 3.63) is 85.1 Å². The van der Waals surface area contributed by atoms with Crippen LogP contribution in [0.2, 0.25) is 0 Å². The molecule has 0 bridgehead atoms. The van der Waals surface area contributed by atoms with Crippen LogP contribution >= 0.6 is 0 Å². The van der Waals surface area contributed by atoms with E-state index >= 15 is 0 Å². The molecule has 0 spiro atoms. The summed E-state index contributed by atoms with van der Waals surface area (Å²) < 4.78 is 11.4. The topological polar surface area (TPSA) is 149 Å². The molecule has 6 N–H and O–H groups in total. The number of rotatable bonds is 67. The second-order valence-corrected chi connectivity index (χ2v) is 26.4. The Labute approximate surface area is 550 Å². The Balaban J connectivity index is 2.06. The predicted molar refractivity (Wildman–Crippen MR) is 382 cm³/mol. The van der Waals surface area contributed by atoms with E-state index in [1.807, 2.05) is 0 Å². The van der Waals surface area contributed by atoms with Gasteiger partial charge >= 0.3 is 0 Å². The van der Waals surface area contributed by atoms with Crippen LogP contribution in [-0.4, -0.2) is 87.5 Å². The third kappa shape index (κ3) is 56.6. The Kier molecular flexibility index (Phi) is 64.7. The molecule has 0 aromatic carbocycles. The molecule has 0 saturated carbocycles. The van der Waals surface area contributed by atoms with Crippen LogP contribution in [0.15, 0.2) is 85.1 Å². The Hall–Kier alpha value is -2.63. The lowest BCUT2D eigenvalue weighted by molar-refractivity contribution is -0.302. The summed E-state index contributed by atoms with van der Waals surface area (Å²) in [4.78, 5) is 13.2. The first-order valence-electron chi connectivity index (χ1n) is 38.3. The number of aliphatic hydroxyl groups is 5. The molecule has 518 valence electrons. The van der Waals surface area contributed by atoms with Crippen molar-refractivity contribution < 1.29 is 39.8 Å². The van der Waals surface area contributed by atoms with Crippen molar-refractivity contribution in [3.63, 3.8) is 0 Å². The lowest BCUT2D eigenvalue weighted by atomic mass is 9.99. The smallest absolute Gasteiger partial charge is 0.220 e. The Bertz CT molecular complexity index is 1690. The number of carbonyl (C=O) groups excluding carboxylic acids is 1.